The third-order valence-electron chi connectivity index (χ3n) is 2.69. The Morgan fingerprint density at radius 2 is 1.90 bits per heavy atom. The third-order valence-corrected chi connectivity index (χ3v) is 2.93. The molecule has 2 aromatic carbocycles. The molecule has 0 aliphatic heterocycles. The van der Waals surface area contributed by atoms with Gasteiger partial charge in [0.2, 0.25) is 0 Å². The average Bonchev–Trinajstić information content (AvgIpc) is 2.41. The standard InChI is InChI=1S/C15H13ClF2O2/c16-11-2-1-3-13(8-11)20-9-12(19)6-10-4-5-14(17)15(18)7-10/h1-5,7-8,12,19H,6,9H2. The summed E-state index contributed by atoms with van der Waals surface area (Å²) < 4.78 is 31.2. The van der Waals surface area contributed by atoms with Crippen LogP contribution in [-0.4, -0.2) is 17.8 Å². The molecule has 2 aromatic rings. The van der Waals surface area contributed by atoms with E-state index in [1.165, 1.54) is 6.07 Å². The molecular weight excluding hydrogens is 286 g/mol. The van der Waals surface area contributed by atoms with Crippen molar-refractivity contribution in [3.63, 3.8) is 0 Å². The van der Waals surface area contributed by atoms with E-state index in [2.05, 4.69) is 0 Å². The molecule has 0 aliphatic rings. The van der Waals surface area contributed by atoms with E-state index < -0.39 is 17.7 Å². The lowest BCUT2D eigenvalue weighted by atomic mass is 10.1. The quantitative estimate of drug-likeness (QED) is 0.914. The van der Waals surface area contributed by atoms with Crippen LogP contribution in [0.4, 0.5) is 8.78 Å². The summed E-state index contributed by atoms with van der Waals surface area (Å²) in [5, 5.41) is 10.4. The van der Waals surface area contributed by atoms with E-state index in [4.69, 9.17) is 16.3 Å². The average molecular weight is 299 g/mol. The van der Waals surface area contributed by atoms with Crippen molar-refractivity contribution < 1.29 is 18.6 Å². The zero-order chi connectivity index (χ0) is 14.5. The van der Waals surface area contributed by atoms with Gasteiger partial charge in [0.1, 0.15) is 12.4 Å². The highest BCUT2D eigenvalue weighted by atomic mass is 35.5. The second-order valence-corrected chi connectivity index (χ2v) is 4.81. The molecule has 0 spiro atoms. The predicted octanol–water partition coefficient (Wildman–Crippen LogP) is 3.60. The molecule has 1 atom stereocenters. The van der Waals surface area contributed by atoms with Crippen LogP contribution < -0.4 is 4.74 Å². The van der Waals surface area contributed by atoms with Crippen LogP contribution in [-0.2, 0) is 6.42 Å². The first-order valence-electron chi connectivity index (χ1n) is 6.05. The van der Waals surface area contributed by atoms with E-state index in [1.54, 1.807) is 24.3 Å². The van der Waals surface area contributed by atoms with Gasteiger partial charge in [0, 0.05) is 11.4 Å². The zero-order valence-corrected chi connectivity index (χ0v) is 11.3. The molecule has 106 valence electrons. The summed E-state index contributed by atoms with van der Waals surface area (Å²) in [6.07, 6.45) is -0.642. The molecule has 1 N–H and O–H groups in total. The van der Waals surface area contributed by atoms with Gasteiger partial charge in [-0.05, 0) is 35.9 Å². The molecule has 0 amide bonds. The van der Waals surface area contributed by atoms with E-state index in [-0.39, 0.29) is 13.0 Å². The fraction of sp³-hybridized carbons (Fsp3) is 0.200. The van der Waals surface area contributed by atoms with E-state index in [9.17, 15) is 13.9 Å². The van der Waals surface area contributed by atoms with Gasteiger partial charge in [0.15, 0.2) is 11.6 Å². The van der Waals surface area contributed by atoms with Gasteiger partial charge in [-0.25, -0.2) is 8.78 Å². The van der Waals surface area contributed by atoms with Crippen LogP contribution in [0.25, 0.3) is 0 Å². The number of hydrogen-bond acceptors (Lipinski definition) is 2. The highest BCUT2D eigenvalue weighted by molar-refractivity contribution is 6.30. The Morgan fingerprint density at radius 1 is 1.10 bits per heavy atom. The van der Waals surface area contributed by atoms with E-state index >= 15 is 0 Å². The van der Waals surface area contributed by atoms with Gasteiger partial charge in [-0.15, -0.1) is 0 Å². The lowest BCUT2D eigenvalue weighted by molar-refractivity contribution is 0.107. The van der Waals surface area contributed by atoms with Gasteiger partial charge >= 0.3 is 0 Å². The van der Waals surface area contributed by atoms with Gasteiger partial charge in [-0.2, -0.15) is 0 Å². The third kappa shape index (κ3) is 4.18. The fourth-order valence-corrected chi connectivity index (χ4v) is 1.93. The number of halogens is 3. The number of hydrogen-bond donors (Lipinski definition) is 1. The van der Waals surface area contributed by atoms with E-state index in [0.717, 1.165) is 12.1 Å². The van der Waals surface area contributed by atoms with Crippen molar-refractivity contribution in [1.29, 1.82) is 0 Å². The van der Waals surface area contributed by atoms with Crippen LogP contribution in [0.1, 0.15) is 5.56 Å². The van der Waals surface area contributed by atoms with Crippen molar-refractivity contribution in [3.05, 3.63) is 64.7 Å². The summed E-state index contributed by atoms with van der Waals surface area (Å²) in [5.41, 5.74) is 0.506. The minimum absolute atomic E-state index is 0.0410. The minimum Gasteiger partial charge on any atom is -0.491 e. The number of aliphatic hydroxyl groups excluding tert-OH is 1. The Bertz CT molecular complexity index is 590. The highest BCUT2D eigenvalue weighted by Gasteiger charge is 2.09. The van der Waals surface area contributed by atoms with Gasteiger partial charge in [-0.3, -0.25) is 0 Å². The molecule has 1 unspecified atom stereocenters. The minimum atomic E-state index is -0.926. The number of ether oxygens (including phenoxy) is 1. The molecule has 20 heavy (non-hydrogen) atoms. The Labute approximate surface area is 120 Å². The summed E-state index contributed by atoms with van der Waals surface area (Å²) in [6.45, 7) is 0.0410. The van der Waals surface area contributed by atoms with Gasteiger partial charge < -0.3 is 9.84 Å². The van der Waals surface area contributed by atoms with E-state index in [0.29, 0.717) is 16.3 Å². The van der Waals surface area contributed by atoms with Crippen molar-refractivity contribution in [2.45, 2.75) is 12.5 Å². The lowest BCUT2D eigenvalue weighted by Crippen LogP contribution is -2.20. The molecule has 0 saturated carbocycles. The summed E-state index contributed by atoms with van der Waals surface area (Å²) in [7, 11) is 0. The van der Waals surface area contributed by atoms with Crippen LogP contribution in [0.5, 0.6) is 5.75 Å². The van der Waals surface area contributed by atoms with Crippen LogP contribution in [0.2, 0.25) is 5.02 Å². The van der Waals surface area contributed by atoms with Crippen molar-refractivity contribution in [2.75, 3.05) is 6.61 Å². The van der Waals surface area contributed by atoms with Crippen LogP contribution in [0.15, 0.2) is 42.5 Å². The lowest BCUT2D eigenvalue weighted by Gasteiger charge is -2.12. The Morgan fingerprint density at radius 3 is 2.60 bits per heavy atom. The first-order chi connectivity index (χ1) is 9.54. The summed E-state index contributed by atoms with van der Waals surface area (Å²) in [4.78, 5) is 0. The van der Waals surface area contributed by atoms with Crippen LogP contribution in [0, 0.1) is 11.6 Å². The Kier molecular flexibility index (Phi) is 4.93. The monoisotopic (exact) mass is 298 g/mol. The normalized spacial score (nSPS) is 12.2. The second-order valence-electron chi connectivity index (χ2n) is 4.37. The Hall–Kier alpha value is -1.65. The molecule has 0 radical (unpaired) electrons. The summed E-state index contributed by atoms with van der Waals surface area (Å²) in [6, 6.07) is 10.3. The topological polar surface area (TPSA) is 29.5 Å². The SMILES string of the molecule is OC(COc1cccc(Cl)c1)Cc1ccc(F)c(F)c1. The van der Waals surface area contributed by atoms with Gasteiger partial charge in [0.25, 0.3) is 0 Å². The molecule has 0 bridgehead atoms. The van der Waals surface area contributed by atoms with Crippen molar-refractivity contribution in [2.24, 2.45) is 0 Å². The molecule has 2 nitrogen and oxygen atoms in total. The molecule has 2 rings (SSSR count). The Balaban J connectivity index is 1.89. The predicted molar refractivity (Wildman–Crippen MR) is 73.0 cm³/mol. The number of benzene rings is 2. The van der Waals surface area contributed by atoms with Gasteiger partial charge in [0.05, 0.1) is 6.10 Å². The van der Waals surface area contributed by atoms with Crippen LogP contribution >= 0.6 is 11.6 Å². The molecule has 0 fully saturated rings. The molecule has 0 saturated heterocycles. The maximum absolute atomic E-state index is 13.0. The number of aliphatic hydroxyl groups is 1. The van der Waals surface area contributed by atoms with Gasteiger partial charge in [-0.1, -0.05) is 23.7 Å². The summed E-state index contributed by atoms with van der Waals surface area (Å²) in [5.74, 6) is -1.29. The van der Waals surface area contributed by atoms with Crippen molar-refractivity contribution >= 4 is 11.6 Å². The van der Waals surface area contributed by atoms with E-state index in [1.807, 2.05) is 0 Å². The maximum atomic E-state index is 13.0. The fourth-order valence-electron chi connectivity index (χ4n) is 1.75. The van der Waals surface area contributed by atoms with Crippen molar-refractivity contribution in [1.82, 2.24) is 0 Å². The second kappa shape index (κ2) is 6.68. The zero-order valence-electron chi connectivity index (χ0n) is 10.5. The van der Waals surface area contributed by atoms with Crippen LogP contribution in [0.3, 0.4) is 0 Å². The molecule has 5 heteroatoms. The molecular formula is C15H13ClF2O2. The first kappa shape index (κ1) is 14.8. The molecule has 0 aliphatic carbocycles. The molecule has 0 aromatic heterocycles. The molecule has 0 heterocycles. The maximum Gasteiger partial charge on any atom is 0.159 e. The summed E-state index contributed by atoms with van der Waals surface area (Å²) >= 11 is 5.80. The number of rotatable bonds is 5. The largest absolute Gasteiger partial charge is 0.491 e. The van der Waals surface area contributed by atoms with Crippen molar-refractivity contribution in [3.8, 4) is 5.75 Å². The smallest absolute Gasteiger partial charge is 0.159 e. The highest BCUT2D eigenvalue weighted by Crippen LogP contribution is 2.17. The first-order valence-corrected chi connectivity index (χ1v) is 6.43.